The second-order valence-electron chi connectivity index (χ2n) is 6.60. The first-order valence-corrected chi connectivity index (χ1v) is 6.69. The van der Waals surface area contributed by atoms with E-state index in [-0.39, 0.29) is 5.41 Å². The van der Waals surface area contributed by atoms with Gasteiger partial charge in [-0.3, -0.25) is 4.79 Å². The van der Waals surface area contributed by atoms with Crippen molar-refractivity contribution in [1.29, 1.82) is 0 Å². The number of likely N-dealkylation sites (tertiary alicyclic amines) is 1. The summed E-state index contributed by atoms with van der Waals surface area (Å²) in [5, 5.41) is 0. The molecule has 0 saturated carbocycles. The third-order valence-corrected chi connectivity index (χ3v) is 3.62. The molecular formula is C14H28N2O. The van der Waals surface area contributed by atoms with Crippen molar-refractivity contribution in [3.63, 3.8) is 0 Å². The highest BCUT2D eigenvalue weighted by Gasteiger charge is 2.23. The first kappa shape index (κ1) is 14.7. The van der Waals surface area contributed by atoms with Crippen molar-refractivity contribution in [2.75, 3.05) is 40.3 Å². The van der Waals surface area contributed by atoms with Crippen LogP contribution in [0.2, 0.25) is 0 Å². The van der Waals surface area contributed by atoms with Gasteiger partial charge in [0.1, 0.15) is 5.78 Å². The van der Waals surface area contributed by atoms with Crippen LogP contribution in [0.4, 0.5) is 0 Å². The van der Waals surface area contributed by atoms with Gasteiger partial charge in [0, 0.05) is 31.5 Å². The Morgan fingerprint density at radius 3 is 2.53 bits per heavy atom. The van der Waals surface area contributed by atoms with Gasteiger partial charge < -0.3 is 9.80 Å². The number of hydrogen-bond acceptors (Lipinski definition) is 3. The van der Waals surface area contributed by atoms with Gasteiger partial charge in [0.25, 0.3) is 0 Å². The molecule has 0 spiro atoms. The van der Waals surface area contributed by atoms with Gasteiger partial charge in [-0.25, -0.2) is 0 Å². The Bertz CT molecular complexity index is 257. The predicted octanol–water partition coefficient (Wildman–Crippen LogP) is 1.88. The largest absolute Gasteiger partial charge is 0.306 e. The monoisotopic (exact) mass is 240 g/mol. The molecule has 0 N–H and O–H groups in total. The Kier molecular flexibility index (Phi) is 5.14. The molecule has 1 aliphatic heterocycles. The SMILES string of the molecule is CN(CCC(=O)C(C)(C)C)CC1CCN(C)C1. The molecule has 0 bridgehead atoms. The lowest BCUT2D eigenvalue weighted by atomic mass is 9.89. The van der Waals surface area contributed by atoms with Crippen molar-refractivity contribution in [3.05, 3.63) is 0 Å². The molecule has 0 aliphatic carbocycles. The summed E-state index contributed by atoms with van der Waals surface area (Å²) in [7, 11) is 4.32. The number of carbonyl (C=O) groups excluding carboxylic acids is 1. The van der Waals surface area contributed by atoms with E-state index in [4.69, 9.17) is 0 Å². The highest BCUT2D eigenvalue weighted by Crippen LogP contribution is 2.18. The van der Waals surface area contributed by atoms with Gasteiger partial charge in [-0.2, -0.15) is 0 Å². The second-order valence-corrected chi connectivity index (χ2v) is 6.60. The molecule has 1 heterocycles. The van der Waals surface area contributed by atoms with Crippen LogP contribution in [0.25, 0.3) is 0 Å². The molecule has 1 atom stereocenters. The molecule has 3 nitrogen and oxygen atoms in total. The third-order valence-electron chi connectivity index (χ3n) is 3.62. The summed E-state index contributed by atoms with van der Waals surface area (Å²) in [6.07, 6.45) is 1.98. The summed E-state index contributed by atoms with van der Waals surface area (Å²) in [5.74, 6) is 1.16. The first-order valence-electron chi connectivity index (χ1n) is 6.69. The minimum atomic E-state index is -0.186. The summed E-state index contributed by atoms with van der Waals surface area (Å²) in [6.45, 7) is 10.5. The normalized spacial score (nSPS) is 22.4. The number of carbonyl (C=O) groups is 1. The molecule has 3 heteroatoms. The van der Waals surface area contributed by atoms with Crippen LogP contribution in [-0.4, -0.2) is 55.9 Å². The quantitative estimate of drug-likeness (QED) is 0.733. The van der Waals surface area contributed by atoms with Gasteiger partial charge in [0.15, 0.2) is 0 Å². The summed E-state index contributed by atoms with van der Waals surface area (Å²) >= 11 is 0. The molecular weight excluding hydrogens is 212 g/mol. The molecule has 0 aromatic rings. The van der Waals surface area contributed by atoms with Gasteiger partial charge in [0.05, 0.1) is 0 Å². The smallest absolute Gasteiger partial charge is 0.139 e. The molecule has 17 heavy (non-hydrogen) atoms. The average molecular weight is 240 g/mol. The van der Waals surface area contributed by atoms with Crippen LogP contribution in [0.3, 0.4) is 0 Å². The van der Waals surface area contributed by atoms with Gasteiger partial charge in [-0.15, -0.1) is 0 Å². The van der Waals surface area contributed by atoms with Crippen LogP contribution in [0.15, 0.2) is 0 Å². The van der Waals surface area contributed by atoms with Crippen LogP contribution in [0, 0.1) is 11.3 Å². The fourth-order valence-electron chi connectivity index (χ4n) is 2.37. The zero-order chi connectivity index (χ0) is 13.1. The molecule has 1 fully saturated rings. The van der Waals surface area contributed by atoms with Gasteiger partial charge >= 0.3 is 0 Å². The molecule has 0 aromatic carbocycles. The van der Waals surface area contributed by atoms with E-state index in [1.54, 1.807) is 0 Å². The molecule has 100 valence electrons. The van der Waals surface area contributed by atoms with Crippen molar-refractivity contribution in [2.45, 2.75) is 33.6 Å². The number of nitrogens with zero attached hydrogens (tertiary/aromatic N) is 2. The molecule has 1 aliphatic rings. The van der Waals surface area contributed by atoms with E-state index in [1.165, 1.54) is 19.5 Å². The zero-order valence-electron chi connectivity index (χ0n) is 12.1. The summed E-state index contributed by atoms with van der Waals surface area (Å²) in [5.41, 5.74) is -0.186. The van der Waals surface area contributed by atoms with Crippen molar-refractivity contribution in [3.8, 4) is 0 Å². The number of rotatable bonds is 5. The Morgan fingerprint density at radius 2 is 2.06 bits per heavy atom. The zero-order valence-corrected chi connectivity index (χ0v) is 12.1. The highest BCUT2D eigenvalue weighted by molar-refractivity contribution is 5.83. The lowest BCUT2D eigenvalue weighted by molar-refractivity contribution is -0.126. The van der Waals surface area contributed by atoms with Crippen LogP contribution in [-0.2, 0) is 4.79 Å². The lowest BCUT2D eigenvalue weighted by Crippen LogP contribution is -2.31. The Hall–Kier alpha value is -0.410. The Labute approximate surface area is 106 Å². The van der Waals surface area contributed by atoms with Gasteiger partial charge in [0.2, 0.25) is 0 Å². The third kappa shape index (κ3) is 5.17. The maximum absolute atomic E-state index is 11.8. The summed E-state index contributed by atoms with van der Waals surface area (Å²) < 4.78 is 0. The van der Waals surface area contributed by atoms with Crippen LogP contribution in [0.5, 0.6) is 0 Å². The van der Waals surface area contributed by atoms with Crippen LogP contribution in [0.1, 0.15) is 33.6 Å². The van der Waals surface area contributed by atoms with Crippen LogP contribution >= 0.6 is 0 Å². The van der Waals surface area contributed by atoms with Crippen molar-refractivity contribution < 1.29 is 4.79 Å². The topological polar surface area (TPSA) is 23.6 Å². The van der Waals surface area contributed by atoms with Gasteiger partial charge in [-0.1, -0.05) is 20.8 Å². The first-order chi connectivity index (χ1) is 7.79. The van der Waals surface area contributed by atoms with E-state index in [0.717, 1.165) is 19.0 Å². The van der Waals surface area contributed by atoms with E-state index < -0.39 is 0 Å². The summed E-state index contributed by atoms with van der Waals surface area (Å²) in [6, 6.07) is 0. The maximum atomic E-state index is 11.8. The fourth-order valence-corrected chi connectivity index (χ4v) is 2.37. The van der Waals surface area contributed by atoms with Crippen LogP contribution < -0.4 is 0 Å². The molecule has 1 unspecified atom stereocenters. The Balaban J connectivity index is 2.21. The Morgan fingerprint density at radius 1 is 1.41 bits per heavy atom. The minimum Gasteiger partial charge on any atom is -0.306 e. The molecule has 1 saturated heterocycles. The van der Waals surface area contributed by atoms with Gasteiger partial charge in [-0.05, 0) is 33.0 Å². The lowest BCUT2D eigenvalue weighted by Gasteiger charge is -2.23. The van der Waals surface area contributed by atoms with E-state index in [9.17, 15) is 4.79 Å². The highest BCUT2D eigenvalue weighted by atomic mass is 16.1. The van der Waals surface area contributed by atoms with E-state index in [2.05, 4.69) is 23.9 Å². The van der Waals surface area contributed by atoms with Crippen molar-refractivity contribution in [2.24, 2.45) is 11.3 Å². The average Bonchev–Trinajstić information content (AvgIpc) is 2.58. The molecule has 0 radical (unpaired) electrons. The fraction of sp³-hybridized carbons (Fsp3) is 0.929. The van der Waals surface area contributed by atoms with Crippen molar-refractivity contribution >= 4 is 5.78 Å². The predicted molar refractivity (Wildman–Crippen MR) is 72.2 cm³/mol. The molecule has 0 aromatic heterocycles. The molecule has 0 amide bonds. The minimum absolute atomic E-state index is 0.186. The second kappa shape index (κ2) is 5.96. The molecule has 1 rings (SSSR count). The van der Waals surface area contributed by atoms with Crippen molar-refractivity contribution in [1.82, 2.24) is 9.80 Å². The number of ketones is 1. The standard InChI is InChI=1S/C14H28N2O/c1-14(2,3)13(17)7-9-16(5)11-12-6-8-15(4)10-12/h12H,6-11H2,1-5H3. The summed E-state index contributed by atoms with van der Waals surface area (Å²) in [4.78, 5) is 16.5. The maximum Gasteiger partial charge on any atom is 0.139 e. The number of hydrogen-bond donors (Lipinski definition) is 0. The van der Waals surface area contributed by atoms with E-state index >= 15 is 0 Å². The number of Topliss-reactive ketones (excluding diaryl/α,β-unsaturated/α-hetero) is 1. The van der Waals surface area contributed by atoms with E-state index in [0.29, 0.717) is 12.2 Å². The van der Waals surface area contributed by atoms with E-state index in [1.807, 2.05) is 20.8 Å².